The maximum absolute atomic E-state index is 12.8. The Hall–Kier alpha value is -2.88. The Morgan fingerprint density at radius 1 is 1.20 bits per heavy atom. The lowest BCUT2D eigenvalue weighted by Crippen LogP contribution is -2.14. The number of aryl methyl sites for hydroxylation is 2. The highest BCUT2D eigenvalue weighted by Gasteiger charge is 2.36. The Morgan fingerprint density at radius 2 is 1.97 bits per heavy atom. The molecule has 0 radical (unpaired) electrons. The van der Waals surface area contributed by atoms with Gasteiger partial charge in [-0.15, -0.1) is 5.10 Å². The number of hydrogen-bond donors (Lipinski definition) is 0. The summed E-state index contributed by atoms with van der Waals surface area (Å²) in [5, 5.41) is 4.02. The SMILES string of the molecule is Cc1nc2nc(C(F)(F)F)nn2c(C)c1CCC(=O)OCCOc1cccc(Cl)c1. The molecule has 1 aromatic carbocycles. The van der Waals surface area contributed by atoms with E-state index in [0.29, 0.717) is 27.7 Å². The van der Waals surface area contributed by atoms with E-state index >= 15 is 0 Å². The molecule has 0 amide bonds. The number of alkyl halides is 3. The quantitative estimate of drug-likeness (QED) is 0.407. The van der Waals surface area contributed by atoms with E-state index < -0.39 is 18.0 Å². The van der Waals surface area contributed by atoms with E-state index in [4.69, 9.17) is 21.1 Å². The first-order chi connectivity index (χ1) is 14.1. The second kappa shape index (κ2) is 8.86. The second-order valence-corrected chi connectivity index (χ2v) is 6.87. The maximum Gasteiger partial charge on any atom is 0.453 e. The first-order valence-electron chi connectivity index (χ1n) is 8.99. The number of nitrogens with zero attached hydrogens (tertiary/aromatic N) is 4. The molecule has 0 saturated heterocycles. The van der Waals surface area contributed by atoms with Crippen molar-refractivity contribution in [2.24, 2.45) is 0 Å². The van der Waals surface area contributed by atoms with Crippen LogP contribution in [0.3, 0.4) is 0 Å². The van der Waals surface area contributed by atoms with Gasteiger partial charge < -0.3 is 9.47 Å². The van der Waals surface area contributed by atoms with Crippen LogP contribution in [0.2, 0.25) is 5.02 Å². The van der Waals surface area contributed by atoms with Crippen LogP contribution in [0, 0.1) is 13.8 Å². The molecule has 7 nitrogen and oxygen atoms in total. The minimum atomic E-state index is -4.66. The molecule has 0 saturated carbocycles. The van der Waals surface area contributed by atoms with Crippen molar-refractivity contribution in [3.8, 4) is 5.75 Å². The number of rotatable bonds is 7. The molecule has 11 heteroatoms. The predicted octanol–water partition coefficient (Wildman–Crippen LogP) is 3.97. The highest BCUT2D eigenvalue weighted by molar-refractivity contribution is 6.30. The molecule has 3 rings (SSSR count). The summed E-state index contributed by atoms with van der Waals surface area (Å²) in [5.74, 6) is -1.29. The van der Waals surface area contributed by atoms with E-state index in [2.05, 4.69) is 15.1 Å². The summed E-state index contributed by atoms with van der Waals surface area (Å²) in [6, 6.07) is 6.84. The number of aromatic nitrogens is 4. The number of carbonyl (C=O) groups excluding carboxylic acids is 1. The fraction of sp³-hybridized carbons (Fsp3) is 0.368. The van der Waals surface area contributed by atoms with E-state index in [1.807, 2.05) is 0 Å². The van der Waals surface area contributed by atoms with Gasteiger partial charge in [0.05, 0.1) is 0 Å². The lowest BCUT2D eigenvalue weighted by Gasteiger charge is -2.11. The number of carbonyl (C=O) groups is 1. The van der Waals surface area contributed by atoms with Crippen molar-refractivity contribution in [1.82, 2.24) is 19.6 Å². The molecule has 0 aliphatic rings. The largest absolute Gasteiger partial charge is 0.490 e. The highest BCUT2D eigenvalue weighted by Crippen LogP contribution is 2.27. The maximum atomic E-state index is 12.8. The van der Waals surface area contributed by atoms with Gasteiger partial charge in [0.1, 0.15) is 19.0 Å². The van der Waals surface area contributed by atoms with Crippen molar-refractivity contribution < 1.29 is 27.4 Å². The van der Waals surface area contributed by atoms with Gasteiger partial charge in [-0.1, -0.05) is 17.7 Å². The third-order valence-corrected chi connectivity index (χ3v) is 4.53. The summed E-state index contributed by atoms with van der Waals surface area (Å²) in [6.07, 6.45) is -4.38. The van der Waals surface area contributed by atoms with E-state index in [1.54, 1.807) is 38.1 Å². The number of fused-ring (bicyclic) bond motifs is 1. The van der Waals surface area contributed by atoms with Gasteiger partial charge >= 0.3 is 12.1 Å². The minimum absolute atomic E-state index is 0.0346. The first kappa shape index (κ1) is 21.8. The zero-order valence-electron chi connectivity index (χ0n) is 16.2. The third-order valence-electron chi connectivity index (χ3n) is 4.29. The van der Waals surface area contributed by atoms with Crippen LogP contribution in [0.25, 0.3) is 5.78 Å². The minimum Gasteiger partial charge on any atom is -0.490 e. The Bertz CT molecular complexity index is 1070. The molecule has 0 spiro atoms. The molecule has 2 heterocycles. The van der Waals surface area contributed by atoms with Crippen LogP contribution in [0.4, 0.5) is 13.2 Å². The van der Waals surface area contributed by atoms with Gasteiger partial charge in [-0.25, -0.2) is 9.50 Å². The van der Waals surface area contributed by atoms with Gasteiger partial charge in [0.2, 0.25) is 0 Å². The molecule has 0 unspecified atom stereocenters. The second-order valence-electron chi connectivity index (χ2n) is 6.43. The Balaban J connectivity index is 1.56. The lowest BCUT2D eigenvalue weighted by molar-refractivity contribution is -0.145. The third kappa shape index (κ3) is 5.18. The summed E-state index contributed by atoms with van der Waals surface area (Å²) in [5.41, 5.74) is 1.55. The van der Waals surface area contributed by atoms with E-state index in [0.717, 1.165) is 4.52 Å². The van der Waals surface area contributed by atoms with Gasteiger partial charge in [0, 0.05) is 22.8 Å². The standard InChI is InChI=1S/C19H18ClF3N4O3/c1-11-15(12(2)27-18(24-11)25-17(26-27)19(21,22)23)6-7-16(28)30-9-8-29-14-5-3-4-13(20)10-14/h3-5,10H,6-9H2,1-2H3. The van der Waals surface area contributed by atoms with E-state index in [1.165, 1.54) is 0 Å². The summed E-state index contributed by atoms with van der Waals surface area (Å²) in [7, 11) is 0. The molecule has 3 aromatic rings. The highest BCUT2D eigenvalue weighted by atomic mass is 35.5. The fourth-order valence-electron chi connectivity index (χ4n) is 2.86. The number of benzene rings is 1. The normalized spacial score (nSPS) is 11.7. The van der Waals surface area contributed by atoms with Gasteiger partial charge in [-0.05, 0) is 44.0 Å². The zero-order valence-corrected chi connectivity index (χ0v) is 16.9. The van der Waals surface area contributed by atoms with Crippen molar-refractivity contribution in [3.05, 3.63) is 52.1 Å². The Labute approximate surface area is 174 Å². The molecule has 2 aromatic heterocycles. The van der Waals surface area contributed by atoms with Crippen molar-refractivity contribution in [2.75, 3.05) is 13.2 Å². The number of halogens is 4. The smallest absolute Gasteiger partial charge is 0.453 e. The average molecular weight is 443 g/mol. The summed E-state index contributed by atoms with van der Waals surface area (Å²) >= 11 is 5.86. The van der Waals surface area contributed by atoms with Gasteiger partial charge in [-0.2, -0.15) is 18.2 Å². The van der Waals surface area contributed by atoms with Crippen LogP contribution in [-0.2, 0) is 22.1 Å². The molecule has 30 heavy (non-hydrogen) atoms. The zero-order chi connectivity index (χ0) is 21.9. The van der Waals surface area contributed by atoms with Crippen molar-refractivity contribution in [3.63, 3.8) is 0 Å². The van der Waals surface area contributed by atoms with Crippen LogP contribution >= 0.6 is 11.6 Å². The molecule has 0 bridgehead atoms. The molecular weight excluding hydrogens is 425 g/mol. The van der Waals surface area contributed by atoms with Gasteiger partial charge in [-0.3, -0.25) is 4.79 Å². The molecule has 0 N–H and O–H groups in total. The molecule has 160 valence electrons. The van der Waals surface area contributed by atoms with Crippen LogP contribution in [-0.4, -0.2) is 38.8 Å². The van der Waals surface area contributed by atoms with Crippen LogP contribution in [0.1, 0.15) is 29.2 Å². The van der Waals surface area contributed by atoms with Gasteiger partial charge in [0.15, 0.2) is 0 Å². The van der Waals surface area contributed by atoms with Gasteiger partial charge in [0.25, 0.3) is 11.6 Å². The summed E-state index contributed by atoms with van der Waals surface area (Å²) in [6.45, 7) is 3.47. The summed E-state index contributed by atoms with van der Waals surface area (Å²) < 4.78 is 50.1. The number of hydrogen-bond acceptors (Lipinski definition) is 6. The van der Waals surface area contributed by atoms with Crippen molar-refractivity contribution in [2.45, 2.75) is 32.9 Å². The van der Waals surface area contributed by atoms with Crippen molar-refractivity contribution >= 4 is 23.3 Å². The molecule has 0 aliphatic carbocycles. The first-order valence-corrected chi connectivity index (χ1v) is 9.37. The predicted molar refractivity (Wildman–Crippen MR) is 101 cm³/mol. The van der Waals surface area contributed by atoms with Crippen molar-refractivity contribution in [1.29, 1.82) is 0 Å². The van der Waals surface area contributed by atoms with Crippen LogP contribution in [0.5, 0.6) is 5.75 Å². The van der Waals surface area contributed by atoms with E-state index in [9.17, 15) is 18.0 Å². The van der Waals surface area contributed by atoms with Crippen LogP contribution in [0.15, 0.2) is 24.3 Å². The Morgan fingerprint density at radius 3 is 2.67 bits per heavy atom. The number of ether oxygens (including phenoxy) is 2. The molecule has 0 aliphatic heterocycles. The molecule has 0 fully saturated rings. The summed E-state index contributed by atoms with van der Waals surface area (Å²) in [4.78, 5) is 19.5. The lowest BCUT2D eigenvalue weighted by atomic mass is 10.1. The topological polar surface area (TPSA) is 78.6 Å². The monoisotopic (exact) mass is 442 g/mol. The van der Waals surface area contributed by atoms with Crippen LogP contribution < -0.4 is 4.74 Å². The molecule has 0 atom stereocenters. The Kier molecular flexibility index (Phi) is 6.45. The molecular formula is C19H18ClF3N4O3. The number of esters is 1. The average Bonchev–Trinajstić information content (AvgIpc) is 3.10. The van der Waals surface area contributed by atoms with E-state index in [-0.39, 0.29) is 31.8 Å². The fourth-order valence-corrected chi connectivity index (χ4v) is 3.04.